The topological polar surface area (TPSA) is 93.5 Å². The van der Waals surface area contributed by atoms with E-state index in [1.807, 2.05) is 32.0 Å². The van der Waals surface area contributed by atoms with Gasteiger partial charge in [-0.2, -0.15) is 5.10 Å². The van der Waals surface area contributed by atoms with Gasteiger partial charge >= 0.3 is 5.97 Å². The lowest BCUT2D eigenvalue weighted by Gasteiger charge is -2.44. The summed E-state index contributed by atoms with van der Waals surface area (Å²) in [6.45, 7) is 10.0. The highest BCUT2D eigenvalue weighted by Crippen LogP contribution is 2.34. The predicted octanol–water partition coefficient (Wildman–Crippen LogP) is 3.79. The standard InChI is InChI=1S/C26H34N4O4/c1-6-34-24(32)21-14-22-23(31)30(20-12-17(3)11-18(4)13-20)26(5,15-29(22)28-21)25(33)27-19-9-7-16(2)8-10-19/h11-14,16,19H,6-10,15H2,1-5H3,(H,27,33)/t16?,19?,26-/m0/s1. The number of carbonyl (C=O) groups is 3. The molecule has 1 saturated carbocycles. The van der Waals surface area contributed by atoms with Crippen molar-refractivity contribution in [3.05, 3.63) is 46.8 Å². The van der Waals surface area contributed by atoms with Crippen molar-refractivity contribution in [2.24, 2.45) is 5.92 Å². The number of aryl methyl sites for hydroxylation is 2. The van der Waals surface area contributed by atoms with Crippen molar-refractivity contribution < 1.29 is 19.1 Å². The molecule has 34 heavy (non-hydrogen) atoms. The smallest absolute Gasteiger partial charge is 0.358 e. The van der Waals surface area contributed by atoms with Gasteiger partial charge in [0.15, 0.2) is 5.69 Å². The van der Waals surface area contributed by atoms with E-state index in [1.54, 1.807) is 18.7 Å². The number of nitrogens with one attached hydrogen (secondary N) is 1. The Kier molecular flexibility index (Phi) is 6.51. The zero-order chi connectivity index (χ0) is 24.6. The van der Waals surface area contributed by atoms with Gasteiger partial charge in [-0.3, -0.25) is 19.2 Å². The zero-order valence-electron chi connectivity index (χ0n) is 20.7. The molecule has 8 heteroatoms. The first-order chi connectivity index (χ1) is 16.1. The van der Waals surface area contributed by atoms with Gasteiger partial charge in [0.25, 0.3) is 5.91 Å². The maximum absolute atomic E-state index is 13.8. The van der Waals surface area contributed by atoms with Crippen molar-refractivity contribution in [2.45, 2.75) is 78.4 Å². The predicted molar refractivity (Wildman–Crippen MR) is 129 cm³/mol. The second-order valence-electron chi connectivity index (χ2n) is 9.98. The van der Waals surface area contributed by atoms with Crippen LogP contribution < -0.4 is 10.2 Å². The molecule has 1 N–H and O–H groups in total. The lowest BCUT2D eigenvalue weighted by atomic mass is 9.86. The number of aromatic nitrogens is 2. The van der Waals surface area contributed by atoms with Crippen LogP contribution in [0.3, 0.4) is 0 Å². The molecule has 1 aliphatic carbocycles. The summed E-state index contributed by atoms with van der Waals surface area (Å²) in [7, 11) is 0. The number of amides is 2. The van der Waals surface area contributed by atoms with E-state index in [2.05, 4.69) is 17.3 Å². The molecular weight excluding hydrogens is 432 g/mol. The Balaban J connectivity index is 1.74. The fourth-order valence-electron chi connectivity index (χ4n) is 5.12. The number of esters is 1. The quantitative estimate of drug-likeness (QED) is 0.677. The van der Waals surface area contributed by atoms with Crippen molar-refractivity contribution in [1.82, 2.24) is 15.1 Å². The molecule has 0 unspecified atom stereocenters. The van der Waals surface area contributed by atoms with Gasteiger partial charge in [0, 0.05) is 17.8 Å². The lowest BCUT2D eigenvalue weighted by Crippen LogP contribution is -2.65. The number of ether oxygens (including phenoxy) is 1. The summed E-state index contributed by atoms with van der Waals surface area (Å²) in [6.07, 6.45) is 4.02. The fraction of sp³-hybridized carbons (Fsp3) is 0.538. The van der Waals surface area contributed by atoms with Crippen molar-refractivity contribution in [3.63, 3.8) is 0 Å². The van der Waals surface area contributed by atoms with Gasteiger partial charge in [0.05, 0.1) is 13.2 Å². The van der Waals surface area contributed by atoms with Crippen molar-refractivity contribution in [3.8, 4) is 0 Å². The Morgan fingerprint density at radius 2 is 1.76 bits per heavy atom. The summed E-state index contributed by atoms with van der Waals surface area (Å²) in [4.78, 5) is 41.5. The van der Waals surface area contributed by atoms with E-state index in [9.17, 15) is 14.4 Å². The minimum Gasteiger partial charge on any atom is -0.461 e. The molecular formula is C26H34N4O4. The molecule has 2 heterocycles. The van der Waals surface area contributed by atoms with Crippen LogP contribution in [-0.2, 0) is 16.1 Å². The highest BCUT2D eigenvalue weighted by molar-refractivity contribution is 6.12. The van der Waals surface area contributed by atoms with Gasteiger partial charge in [-0.05, 0) is 82.6 Å². The first-order valence-electron chi connectivity index (χ1n) is 12.1. The largest absolute Gasteiger partial charge is 0.461 e. The molecule has 182 valence electrons. The Hall–Kier alpha value is -3.16. The average molecular weight is 467 g/mol. The lowest BCUT2D eigenvalue weighted by molar-refractivity contribution is -0.127. The molecule has 1 fully saturated rings. The number of carbonyl (C=O) groups excluding carboxylic acids is 3. The van der Waals surface area contributed by atoms with Gasteiger partial charge in [-0.1, -0.05) is 13.0 Å². The van der Waals surface area contributed by atoms with Crippen LogP contribution >= 0.6 is 0 Å². The molecule has 4 rings (SSSR count). The summed E-state index contributed by atoms with van der Waals surface area (Å²) in [5.74, 6) is -0.495. The van der Waals surface area contributed by atoms with Crippen LogP contribution in [0.2, 0.25) is 0 Å². The molecule has 2 aliphatic rings. The Bertz CT molecular complexity index is 1100. The highest BCUT2D eigenvalue weighted by atomic mass is 16.5. The number of hydrogen-bond donors (Lipinski definition) is 1. The van der Waals surface area contributed by atoms with Gasteiger partial charge in [-0.25, -0.2) is 4.79 Å². The SMILES string of the molecule is CCOC(=O)c1cc2n(n1)C[C@@](C)(C(=O)NC1CCC(C)CC1)N(c1cc(C)cc(C)c1)C2=O. The minimum absolute atomic E-state index is 0.0662. The van der Waals surface area contributed by atoms with Crippen LogP contribution in [0.4, 0.5) is 5.69 Å². The van der Waals surface area contributed by atoms with Gasteiger partial charge < -0.3 is 10.1 Å². The number of nitrogens with zero attached hydrogens (tertiary/aromatic N) is 3. The normalized spacial score (nSPS) is 24.5. The molecule has 1 aliphatic heterocycles. The zero-order valence-corrected chi connectivity index (χ0v) is 20.7. The van der Waals surface area contributed by atoms with Crippen molar-refractivity contribution >= 4 is 23.5 Å². The van der Waals surface area contributed by atoms with Gasteiger partial charge in [-0.15, -0.1) is 0 Å². The van der Waals surface area contributed by atoms with Crippen LogP contribution in [0.5, 0.6) is 0 Å². The van der Waals surface area contributed by atoms with Crippen LogP contribution in [0, 0.1) is 19.8 Å². The minimum atomic E-state index is -1.22. The third-order valence-corrected chi connectivity index (χ3v) is 6.94. The Morgan fingerprint density at radius 1 is 1.12 bits per heavy atom. The molecule has 0 bridgehead atoms. The first-order valence-corrected chi connectivity index (χ1v) is 12.1. The maximum atomic E-state index is 13.8. The summed E-state index contributed by atoms with van der Waals surface area (Å²) >= 11 is 0. The van der Waals surface area contributed by atoms with Gasteiger partial charge in [0.2, 0.25) is 5.91 Å². The fourth-order valence-corrected chi connectivity index (χ4v) is 5.12. The molecule has 1 aromatic heterocycles. The van der Waals surface area contributed by atoms with E-state index < -0.39 is 11.5 Å². The van der Waals surface area contributed by atoms with E-state index in [-0.39, 0.29) is 42.4 Å². The molecule has 0 saturated heterocycles. The monoisotopic (exact) mass is 466 g/mol. The average Bonchev–Trinajstić information content (AvgIpc) is 3.19. The molecule has 0 radical (unpaired) electrons. The third kappa shape index (κ3) is 4.45. The maximum Gasteiger partial charge on any atom is 0.358 e. The molecule has 2 aromatic rings. The third-order valence-electron chi connectivity index (χ3n) is 6.94. The van der Waals surface area contributed by atoms with Crippen molar-refractivity contribution in [2.75, 3.05) is 11.5 Å². The highest BCUT2D eigenvalue weighted by Gasteiger charge is 2.49. The summed E-state index contributed by atoms with van der Waals surface area (Å²) in [5, 5.41) is 7.55. The second-order valence-corrected chi connectivity index (χ2v) is 9.98. The van der Waals surface area contributed by atoms with E-state index in [4.69, 9.17) is 4.74 Å². The van der Waals surface area contributed by atoms with E-state index in [1.165, 1.54) is 10.7 Å². The van der Waals surface area contributed by atoms with E-state index in [0.717, 1.165) is 36.8 Å². The number of hydrogen-bond acceptors (Lipinski definition) is 5. The summed E-state index contributed by atoms with van der Waals surface area (Å²) in [5.41, 5.74) is 1.76. The van der Waals surface area contributed by atoms with E-state index in [0.29, 0.717) is 11.6 Å². The van der Waals surface area contributed by atoms with Crippen LogP contribution in [-0.4, -0.2) is 45.8 Å². The van der Waals surface area contributed by atoms with Crippen molar-refractivity contribution in [1.29, 1.82) is 0 Å². The number of rotatable bonds is 5. The number of benzene rings is 1. The molecule has 8 nitrogen and oxygen atoms in total. The van der Waals surface area contributed by atoms with Crippen LogP contribution in [0.1, 0.15) is 78.6 Å². The second kappa shape index (κ2) is 9.24. The number of anilines is 1. The molecule has 1 atom stereocenters. The summed E-state index contributed by atoms with van der Waals surface area (Å²) in [6, 6.07) is 7.40. The van der Waals surface area contributed by atoms with E-state index >= 15 is 0 Å². The summed E-state index contributed by atoms with van der Waals surface area (Å²) < 4.78 is 6.54. The Morgan fingerprint density at radius 3 is 2.38 bits per heavy atom. The van der Waals surface area contributed by atoms with Gasteiger partial charge in [0.1, 0.15) is 11.2 Å². The van der Waals surface area contributed by atoms with Crippen LogP contribution in [0.15, 0.2) is 24.3 Å². The first kappa shape index (κ1) is 24.0. The Labute approximate surface area is 200 Å². The van der Waals surface area contributed by atoms with Crippen LogP contribution in [0.25, 0.3) is 0 Å². The molecule has 2 amide bonds. The molecule has 0 spiro atoms. The number of fused-ring (bicyclic) bond motifs is 1. The molecule has 1 aromatic carbocycles.